The van der Waals surface area contributed by atoms with E-state index in [-0.39, 0.29) is 0 Å². The summed E-state index contributed by atoms with van der Waals surface area (Å²) in [6.45, 7) is 7.18. The summed E-state index contributed by atoms with van der Waals surface area (Å²) >= 11 is 0. The van der Waals surface area contributed by atoms with Crippen LogP contribution in [0.15, 0.2) is 24.3 Å². The smallest absolute Gasteiger partial charge is 0.0367 e. The predicted octanol–water partition coefficient (Wildman–Crippen LogP) is 3.56. The van der Waals surface area contributed by atoms with Crippen molar-refractivity contribution in [1.29, 1.82) is 0 Å². The molecule has 1 aromatic carbocycles. The van der Waals surface area contributed by atoms with Crippen molar-refractivity contribution in [2.24, 2.45) is 11.8 Å². The van der Waals surface area contributed by atoms with Crippen molar-refractivity contribution in [1.82, 2.24) is 4.90 Å². The molecule has 114 valence electrons. The lowest BCUT2D eigenvalue weighted by molar-refractivity contribution is 0.135. The van der Waals surface area contributed by atoms with E-state index in [0.29, 0.717) is 0 Å². The summed E-state index contributed by atoms with van der Waals surface area (Å²) in [4.78, 5) is 5.38. The summed E-state index contributed by atoms with van der Waals surface area (Å²) in [5.41, 5.74) is 2.86. The molecule has 2 nitrogen and oxygen atoms in total. The molecule has 1 aromatic rings. The van der Waals surface area contributed by atoms with Gasteiger partial charge in [0.25, 0.3) is 0 Å². The number of nitrogens with zero attached hydrogens (tertiary/aromatic N) is 2. The zero-order chi connectivity index (χ0) is 14.2. The number of hydrogen-bond donors (Lipinski definition) is 0. The number of rotatable bonds is 3. The molecule has 3 fully saturated rings. The van der Waals surface area contributed by atoms with Gasteiger partial charge in [-0.3, -0.25) is 4.90 Å². The van der Waals surface area contributed by atoms with Gasteiger partial charge in [-0.05, 0) is 55.2 Å². The number of benzene rings is 1. The van der Waals surface area contributed by atoms with Crippen molar-refractivity contribution in [3.05, 3.63) is 29.8 Å². The zero-order valence-electron chi connectivity index (χ0n) is 13.3. The van der Waals surface area contributed by atoms with E-state index in [1.54, 1.807) is 0 Å². The molecule has 3 atom stereocenters. The standard InChI is InChI=1S/C19H28N2/c1-2-15-4-7-18(8-5-15)20-9-11-21(12-10-20)19-14-16-3-6-17(19)13-16/h4-5,7-8,16-17,19H,2-3,6,9-14H2,1H3/t16?,17?,19-/m0/s1. The Morgan fingerprint density at radius 2 is 1.71 bits per heavy atom. The van der Waals surface area contributed by atoms with E-state index in [0.717, 1.165) is 24.3 Å². The normalized spacial score (nSPS) is 32.8. The predicted molar refractivity (Wildman–Crippen MR) is 88.8 cm³/mol. The van der Waals surface area contributed by atoms with E-state index < -0.39 is 0 Å². The van der Waals surface area contributed by atoms with Crippen molar-refractivity contribution >= 4 is 5.69 Å². The SMILES string of the molecule is CCc1ccc(N2CCN([C@H]3CC4CCC3C4)CC2)cc1. The summed E-state index contributed by atoms with van der Waals surface area (Å²) in [6, 6.07) is 10.1. The molecule has 21 heavy (non-hydrogen) atoms. The van der Waals surface area contributed by atoms with Crippen LogP contribution in [0.4, 0.5) is 5.69 Å². The molecule has 0 spiro atoms. The van der Waals surface area contributed by atoms with Gasteiger partial charge in [0.05, 0.1) is 0 Å². The molecular formula is C19H28N2. The molecule has 2 saturated carbocycles. The highest BCUT2D eigenvalue weighted by Crippen LogP contribution is 2.46. The number of hydrogen-bond acceptors (Lipinski definition) is 2. The van der Waals surface area contributed by atoms with E-state index in [1.807, 2.05) is 0 Å². The number of fused-ring (bicyclic) bond motifs is 2. The fourth-order valence-electron chi connectivity index (χ4n) is 4.91. The third-order valence-electron chi connectivity index (χ3n) is 6.19. The molecule has 2 aliphatic carbocycles. The Bertz CT molecular complexity index is 473. The van der Waals surface area contributed by atoms with Gasteiger partial charge in [-0.15, -0.1) is 0 Å². The van der Waals surface area contributed by atoms with E-state index in [4.69, 9.17) is 0 Å². The van der Waals surface area contributed by atoms with Crippen LogP contribution in [0, 0.1) is 11.8 Å². The highest BCUT2D eigenvalue weighted by molar-refractivity contribution is 5.48. The van der Waals surface area contributed by atoms with Gasteiger partial charge in [0.2, 0.25) is 0 Å². The van der Waals surface area contributed by atoms with Crippen molar-refractivity contribution in [2.75, 3.05) is 31.1 Å². The lowest BCUT2D eigenvalue weighted by Crippen LogP contribution is -2.51. The van der Waals surface area contributed by atoms with Crippen LogP contribution in [-0.4, -0.2) is 37.1 Å². The molecule has 2 heteroatoms. The summed E-state index contributed by atoms with van der Waals surface area (Å²) in [6.07, 6.45) is 7.19. The lowest BCUT2D eigenvalue weighted by atomic mass is 9.93. The fourth-order valence-corrected chi connectivity index (χ4v) is 4.91. The van der Waals surface area contributed by atoms with E-state index in [2.05, 4.69) is 41.0 Å². The first-order valence-electron chi connectivity index (χ1n) is 8.91. The van der Waals surface area contributed by atoms with Crippen LogP contribution in [0.3, 0.4) is 0 Å². The minimum atomic E-state index is 0.924. The molecule has 0 radical (unpaired) electrons. The van der Waals surface area contributed by atoms with Gasteiger partial charge >= 0.3 is 0 Å². The second-order valence-electron chi connectivity index (χ2n) is 7.29. The maximum Gasteiger partial charge on any atom is 0.0367 e. The zero-order valence-corrected chi connectivity index (χ0v) is 13.3. The lowest BCUT2D eigenvalue weighted by Gasteiger charge is -2.41. The molecule has 0 aromatic heterocycles. The van der Waals surface area contributed by atoms with Crippen LogP contribution in [0.25, 0.3) is 0 Å². The Labute approximate surface area is 129 Å². The van der Waals surface area contributed by atoms with Gasteiger partial charge in [-0.25, -0.2) is 0 Å². The Morgan fingerprint density at radius 1 is 0.952 bits per heavy atom. The van der Waals surface area contributed by atoms with E-state index in [9.17, 15) is 0 Å². The third kappa shape index (κ3) is 2.59. The number of anilines is 1. The van der Waals surface area contributed by atoms with Gasteiger partial charge in [-0.1, -0.05) is 25.5 Å². The topological polar surface area (TPSA) is 6.48 Å². The first-order valence-corrected chi connectivity index (χ1v) is 8.91. The van der Waals surface area contributed by atoms with Gasteiger partial charge < -0.3 is 4.90 Å². The molecule has 1 heterocycles. The first-order chi connectivity index (χ1) is 10.3. The molecule has 1 saturated heterocycles. The number of piperazine rings is 1. The maximum absolute atomic E-state index is 2.81. The minimum absolute atomic E-state index is 0.924. The Balaban J connectivity index is 1.35. The quantitative estimate of drug-likeness (QED) is 0.837. The molecule has 4 rings (SSSR count). The van der Waals surface area contributed by atoms with Gasteiger partial charge in [0.15, 0.2) is 0 Å². The Hall–Kier alpha value is -1.02. The monoisotopic (exact) mass is 284 g/mol. The second kappa shape index (κ2) is 5.64. The van der Waals surface area contributed by atoms with Crippen molar-refractivity contribution < 1.29 is 0 Å². The van der Waals surface area contributed by atoms with Crippen molar-refractivity contribution in [3.8, 4) is 0 Å². The molecule has 1 aliphatic heterocycles. The fraction of sp³-hybridized carbons (Fsp3) is 0.684. The van der Waals surface area contributed by atoms with Gasteiger partial charge in [-0.2, -0.15) is 0 Å². The Kier molecular flexibility index (Phi) is 3.66. The second-order valence-corrected chi connectivity index (χ2v) is 7.29. The van der Waals surface area contributed by atoms with Crippen LogP contribution >= 0.6 is 0 Å². The Morgan fingerprint density at radius 3 is 2.29 bits per heavy atom. The molecular weight excluding hydrogens is 256 g/mol. The average molecular weight is 284 g/mol. The first kappa shape index (κ1) is 13.6. The summed E-state index contributed by atoms with van der Waals surface area (Å²) in [7, 11) is 0. The minimum Gasteiger partial charge on any atom is -0.369 e. The number of aryl methyl sites for hydroxylation is 1. The molecule has 2 bridgehead atoms. The maximum atomic E-state index is 2.81. The van der Waals surface area contributed by atoms with Crippen LogP contribution in [0.1, 0.15) is 38.2 Å². The molecule has 3 aliphatic rings. The van der Waals surface area contributed by atoms with Crippen molar-refractivity contribution in [3.63, 3.8) is 0 Å². The highest BCUT2D eigenvalue weighted by atomic mass is 15.3. The largest absolute Gasteiger partial charge is 0.369 e. The molecule has 2 unspecified atom stereocenters. The highest BCUT2D eigenvalue weighted by Gasteiger charge is 2.42. The van der Waals surface area contributed by atoms with Crippen molar-refractivity contribution in [2.45, 2.75) is 45.1 Å². The van der Waals surface area contributed by atoms with Gasteiger partial charge in [0.1, 0.15) is 0 Å². The van der Waals surface area contributed by atoms with E-state index in [1.165, 1.54) is 63.1 Å². The molecule has 0 amide bonds. The van der Waals surface area contributed by atoms with Crippen LogP contribution in [-0.2, 0) is 6.42 Å². The van der Waals surface area contributed by atoms with Crippen LogP contribution < -0.4 is 4.90 Å². The van der Waals surface area contributed by atoms with Crippen LogP contribution in [0.2, 0.25) is 0 Å². The van der Waals surface area contributed by atoms with Gasteiger partial charge in [0, 0.05) is 37.9 Å². The average Bonchev–Trinajstić information content (AvgIpc) is 3.18. The summed E-state index contributed by atoms with van der Waals surface area (Å²) < 4.78 is 0. The summed E-state index contributed by atoms with van der Waals surface area (Å²) in [5, 5.41) is 0. The summed E-state index contributed by atoms with van der Waals surface area (Å²) in [5.74, 6) is 2.10. The molecule has 0 N–H and O–H groups in total. The van der Waals surface area contributed by atoms with Crippen LogP contribution in [0.5, 0.6) is 0 Å². The third-order valence-corrected chi connectivity index (χ3v) is 6.19. The van der Waals surface area contributed by atoms with E-state index >= 15 is 0 Å².